The molecule has 0 aliphatic carbocycles. The molecule has 4 unspecified atom stereocenters. The summed E-state index contributed by atoms with van der Waals surface area (Å²) < 4.78 is 5.12. The van der Waals surface area contributed by atoms with Gasteiger partial charge in [-0.2, -0.15) is 0 Å². The number of aliphatic hydroxyl groups excluding tert-OH is 3. The molecule has 1 rings (SSSR count). The van der Waals surface area contributed by atoms with Crippen LogP contribution in [0, 0.1) is 132 Å². The Kier molecular flexibility index (Phi) is 18.3. The Morgan fingerprint density at radius 3 is 1.29 bits per heavy atom. The van der Waals surface area contributed by atoms with Crippen molar-refractivity contribution in [3.05, 3.63) is 0 Å². The molecule has 1 fully saturated rings. The van der Waals surface area contributed by atoms with Gasteiger partial charge in [-0.25, -0.2) is 0 Å². The predicted octanol–water partition coefficient (Wildman–Crippen LogP) is -1.12. The van der Waals surface area contributed by atoms with E-state index in [1.165, 1.54) is 0 Å². The van der Waals surface area contributed by atoms with Crippen molar-refractivity contribution in [1.29, 1.82) is 0 Å². The van der Waals surface area contributed by atoms with Crippen molar-refractivity contribution in [2.45, 2.75) is 44.4 Å². The first-order valence-corrected chi connectivity index (χ1v) is 3.73. The topological polar surface area (TPSA) is 69.9 Å². The van der Waals surface area contributed by atoms with Gasteiger partial charge in [0, 0.05) is 132 Å². The minimum Gasteiger partial charge on any atom is -0.388 e. The molecule has 14 heavy (non-hydrogen) atoms. The van der Waals surface area contributed by atoms with E-state index in [1.807, 2.05) is 0 Å². The Morgan fingerprint density at radius 2 is 1.00 bits per heavy atom. The van der Waals surface area contributed by atoms with Crippen LogP contribution in [0.5, 0.6) is 0 Å². The van der Waals surface area contributed by atoms with E-state index in [1.54, 1.807) is 13.8 Å². The van der Waals surface area contributed by atoms with Crippen LogP contribution in [0.15, 0.2) is 0 Å². The molecule has 0 aromatic carbocycles. The first-order valence-electron chi connectivity index (χ1n) is 3.73. The van der Waals surface area contributed by atoms with E-state index in [-0.39, 0.29) is 132 Å². The molecule has 75 valence electrons. The molecule has 0 aromatic rings. The smallest absolute Gasteiger partial charge is 0.111 e. The van der Waals surface area contributed by atoms with Gasteiger partial charge < -0.3 is 20.1 Å². The number of hydrogen-bond acceptors (Lipinski definition) is 4. The SMILES string of the molecule is CC1O[C@H](C)C(O)C(O)C1O.[Ac].[Ac].[Ac]. The maximum atomic E-state index is 9.21. The van der Waals surface area contributed by atoms with Crippen molar-refractivity contribution in [2.75, 3.05) is 0 Å². The zero-order valence-corrected chi connectivity index (χ0v) is 22.6. The normalized spacial score (nSPS) is 41.4. The van der Waals surface area contributed by atoms with Crippen LogP contribution < -0.4 is 0 Å². The van der Waals surface area contributed by atoms with Crippen LogP contribution in [0.1, 0.15) is 13.8 Å². The van der Waals surface area contributed by atoms with Gasteiger partial charge in [-0.3, -0.25) is 0 Å². The van der Waals surface area contributed by atoms with E-state index in [0.29, 0.717) is 0 Å². The molecule has 1 saturated heterocycles. The average molecular weight is 843 g/mol. The van der Waals surface area contributed by atoms with Crippen LogP contribution in [0.2, 0.25) is 0 Å². The molecule has 4 nitrogen and oxygen atoms in total. The zero-order chi connectivity index (χ0) is 8.59. The van der Waals surface area contributed by atoms with Crippen molar-refractivity contribution < 1.29 is 152 Å². The van der Waals surface area contributed by atoms with Crippen LogP contribution in [0.4, 0.5) is 0 Å². The van der Waals surface area contributed by atoms with Crippen LogP contribution in [-0.4, -0.2) is 45.8 Å². The third-order valence-electron chi connectivity index (χ3n) is 2.09. The molecule has 1 aliphatic heterocycles. The van der Waals surface area contributed by atoms with Crippen molar-refractivity contribution in [3.63, 3.8) is 0 Å². The van der Waals surface area contributed by atoms with E-state index in [2.05, 4.69) is 0 Å². The second-order valence-corrected chi connectivity index (χ2v) is 3.02. The summed E-state index contributed by atoms with van der Waals surface area (Å²) in [7, 11) is 0. The van der Waals surface area contributed by atoms with Gasteiger partial charge in [-0.15, -0.1) is 0 Å². The van der Waals surface area contributed by atoms with Gasteiger partial charge >= 0.3 is 0 Å². The Bertz CT molecular complexity index is 135. The second-order valence-electron chi connectivity index (χ2n) is 3.02. The fourth-order valence-corrected chi connectivity index (χ4v) is 1.26. The molecule has 3 radical (unpaired) electrons. The number of ether oxygens (including phenoxy) is 1. The Morgan fingerprint density at radius 1 is 0.714 bits per heavy atom. The summed E-state index contributed by atoms with van der Waals surface area (Å²) in [5.41, 5.74) is 0. The molecule has 0 amide bonds. The molecule has 7 heteroatoms. The summed E-state index contributed by atoms with van der Waals surface area (Å²) >= 11 is 0. The summed E-state index contributed by atoms with van der Waals surface area (Å²) in [5.74, 6) is 0. The molecule has 0 saturated carbocycles. The molecule has 5 atom stereocenters. The van der Waals surface area contributed by atoms with Crippen molar-refractivity contribution >= 4 is 0 Å². The number of hydrogen-bond donors (Lipinski definition) is 3. The molecule has 3 N–H and O–H groups in total. The summed E-state index contributed by atoms with van der Waals surface area (Å²) in [6.07, 6.45) is -3.89. The van der Waals surface area contributed by atoms with Gasteiger partial charge in [0.1, 0.15) is 18.3 Å². The molecule has 1 aliphatic rings. The molecular formula is C7H14Ac3O4. The molecule has 0 bridgehead atoms. The summed E-state index contributed by atoms with van der Waals surface area (Å²) in [5, 5.41) is 27.6. The predicted molar refractivity (Wildman–Crippen MR) is 38.0 cm³/mol. The first kappa shape index (κ1) is 23.3. The first-order chi connectivity index (χ1) is 5.04. The van der Waals surface area contributed by atoms with E-state index in [9.17, 15) is 15.3 Å². The minimum absolute atomic E-state index is 0. The van der Waals surface area contributed by atoms with Gasteiger partial charge in [-0.1, -0.05) is 0 Å². The van der Waals surface area contributed by atoms with Crippen LogP contribution in [0.3, 0.4) is 0 Å². The molecular weight excluding hydrogens is 829 g/mol. The van der Waals surface area contributed by atoms with Crippen LogP contribution >= 0.6 is 0 Å². The van der Waals surface area contributed by atoms with E-state index >= 15 is 0 Å². The van der Waals surface area contributed by atoms with E-state index < -0.39 is 30.5 Å². The standard InChI is InChI=1S/C7H14O4.3Ac/c1-3-5(8)7(10)6(9)4(2)11-3;;;/h3-10H,1-2H3;;;/t3-,4?,5?,6?,7?;;;/m1.../s1. The zero-order valence-electron chi connectivity index (χ0n) is 8.37. The Labute approximate surface area is 192 Å². The van der Waals surface area contributed by atoms with Crippen molar-refractivity contribution in [2.24, 2.45) is 0 Å². The Balaban J connectivity index is -0.000000403. The van der Waals surface area contributed by atoms with Gasteiger partial charge in [-0.05, 0) is 13.8 Å². The third kappa shape index (κ3) is 6.37. The number of aliphatic hydroxyl groups is 3. The molecule has 1 heterocycles. The van der Waals surface area contributed by atoms with Crippen LogP contribution in [0.25, 0.3) is 0 Å². The van der Waals surface area contributed by atoms with Gasteiger partial charge in [0.15, 0.2) is 0 Å². The average Bonchev–Trinajstić information content (AvgIpc) is 1.97. The van der Waals surface area contributed by atoms with Gasteiger partial charge in [0.25, 0.3) is 0 Å². The summed E-state index contributed by atoms with van der Waals surface area (Å²) in [6, 6.07) is 0. The largest absolute Gasteiger partial charge is 0.388 e. The van der Waals surface area contributed by atoms with Gasteiger partial charge in [0.2, 0.25) is 0 Å². The minimum atomic E-state index is -1.09. The maximum absolute atomic E-state index is 9.21. The Hall–Kier alpha value is 4.16. The number of rotatable bonds is 0. The third-order valence-corrected chi connectivity index (χ3v) is 2.09. The van der Waals surface area contributed by atoms with Crippen molar-refractivity contribution in [3.8, 4) is 0 Å². The fourth-order valence-electron chi connectivity index (χ4n) is 1.26. The second kappa shape index (κ2) is 11.0. The van der Waals surface area contributed by atoms with Gasteiger partial charge in [0.05, 0.1) is 12.2 Å². The van der Waals surface area contributed by atoms with E-state index in [0.717, 1.165) is 0 Å². The van der Waals surface area contributed by atoms with Crippen LogP contribution in [-0.2, 0) is 4.74 Å². The van der Waals surface area contributed by atoms with Crippen molar-refractivity contribution in [1.82, 2.24) is 0 Å². The molecule has 0 spiro atoms. The monoisotopic (exact) mass is 843 g/mol. The quantitative estimate of drug-likeness (QED) is 0.290. The van der Waals surface area contributed by atoms with E-state index in [4.69, 9.17) is 4.74 Å². The molecule has 0 aromatic heterocycles. The summed E-state index contributed by atoms with van der Waals surface area (Å²) in [6.45, 7) is 3.33. The summed E-state index contributed by atoms with van der Waals surface area (Å²) in [4.78, 5) is 0. The maximum Gasteiger partial charge on any atom is 0.111 e. The fraction of sp³-hybridized carbons (Fsp3) is 1.00.